The van der Waals surface area contributed by atoms with Crippen LogP contribution in [0.15, 0.2) is 36.7 Å². The number of fused-ring (bicyclic) bond motifs is 1. The van der Waals surface area contributed by atoms with Crippen molar-refractivity contribution in [2.24, 2.45) is 7.05 Å². The SMILES string of the molecule is Cn1ccnc1CN1CCCN(C(=O)[C@@H]2Cc3ccccc3O2)CC1. The number of amides is 1. The third-order valence-corrected chi connectivity index (χ3v) is 5.11. The maximum atomic E-state index is 12.9. The van der Waals surface area contributed by atoms with Gasteiger partial charge in [-0.3, -0.25) is 9.69 Å². The zero-order valence-corrected chi connectivity index (χ0v) is 14.6. The number of rotatable bonds is 3. The van der Waals surface area contributed by atoms with Gasteiger partial charge in [0.1, 0.15) is 11.6 Å². The van der Waals surface area contributed by atoms with E-state index in [4.69, 9.17) is 4.74 Å². The van der Waals surface area contributed by atoms with Gasteiger partial charge in [-0.05, 0) is 18.1 Å². The van der Waals surface area contributed by atoms with E-state index in [0.717, 1.165) is 56.3 Å². The zero-order valence-electron chi connectivity index (χ0n) is 14.6. The normalized spacial score (nSPS) is 20.8. The highest BCUT2D eigenvalue weighted by Crippen LogP contribution is 2.29. The number of carbonyl (C=O) groups excluding carboxylic acids is 1. The molecule has 0 saturated carbocycles. The second kappa shape index (κ2) is 6.88. The van der Waals surface area contributed by atoms with Crippen LogP contribution in [0.3, 0.4) is 0 Å². The quantitative estimate of drug-likeness (QED) is 0.849. The van der Waals surface area contributed by atoms with Gasteiger partial charge < -0.3 is 14.2 Å². The lowest BCUT2D eigenvalue weighted by atomic mass is 10.1. The van der Waals surface area contributed by atoms with E-state index in [1.54, 1.807) is 0 Å². The van der Waals surface area contributed by atoms with Gasteiger partial charge in [-0.1, -0.05) is 18.2 Å². The first-order valence-electron chi connectivity index (χ1n) is 8.92. The molecule has 0 spiro atoms. The molecule has 1 aromatic heterocycles. The number of nitrogens with zero attached hydrogens (tertiary/aromatic N) is 4. The molecule has 0 N–H and O–H groups in total. The van der Waals surface area contributed by atoms with Crippen molar-refractivity contribution in [3.8, 4) is 5.75 Å². The van der Waals surface area contributed by atoms with Crippen LogP contribution in [0.4, 0.5) is 0 Å². The Labute approximate surface area is 148 Å². The summed E-state index contributed by atoms with van der Waals surface area (Å²) in [5.74, 6) is 2.04. The summed E-state index contributed by atoms with van der Waals surface area (Å²) >= 11 is 0. The molecule has 6 heteroatoms. The Kier molecular flexibility index (Phi) is 4.44. The number of hydrogen-bond donors (Lipinski definition) is 0. The van der Waals surface area contributed by atoms with Crippen LogP contribution in [0.2, 0.25) is 0 Å². The minimum Gasteiger partial charge on any atom is -0.480 e. The van der Waals surface area contributed by atoms with Crippen molar-refractivity contribution < 1.29 is 9.53 Å². The fourth-order valence-electron chi connectivity index (χ4n) is 3.62. The number of aromatic nitrogens is 2. The van der Waals surface area contributed by atoms with Crippen molar-refractivity contribution >= 4 is 5.91 Å². The Balaban J connectivity index is 1.35. The molecule has 1 aromatic carbocycles. The predicted octanol–water partition coefficient (Wildman–Crippen LogP) is 1.46. The number of imidazole rings is 1. The van der Waals surface area contributed by atoms with Gasteiger partial charge in [-0.2, -0.15) is 0 Å². The first kappa shape index (κ1) is 16.1. The minimum atomic E-state index is -0.363. The first-order valence-corrected chi connectivity index (χ1v) is 8.92. The highest BCUT2D eigenvalue weighted by atomic mass is 16.5. The van der Waals surface area contributed by atoms with Crippen LogP contribution in [0.5, 0.6) is 5.75 Å². The fourth-order valence-corrected chi connectivity index (χ4v) is 3.62. The van der Waals surface area contributed by atoms with Crippen molar-refractivity contribution in [1.29, 1.82) is 0 Å². The van der Waals surface area contributed by atoms with Crippen molar-refractivity contribution in [3.05, 3.63) is 48.0 Å². The molecule has 0 unspecified atom stereocenters. The van der Waals surface area contributed by atoms with Crippen LogP contribution in [-0.4, -0.2) is 57.5 Å². The lowest BCUT2D eigenvalue weighted by molar-refractivity contribution is -0.137. The van der Waals surface area contributed by atoms with Crippen molar-refractivity contribution in [3.63, 3.8) is 0 Å². The number of ether oxygens (including phenoxy) is 1. The van der Waals surface area contributed by atoms with E-state index < -0.39 is 0 Å². The Morgan fingerprint density at radius 2 is 2.12 bits per heavy atom. The smallest absolute Gasteiger partial charge is 0.264 e. The van der Waals surface area contributed by atoms with Gasteiger partial charge in [0.2, 0.25) is 0 Å². The number of aryl methyl sites for hydroxylation is 1. The highest BCUT2D eigenvalue weighted by molar-refractivity contribution is 5.82. The van der Waals surface area contributed by atoms with E-state index >= 15 is 0 Å². The fraction of sp³-hybridized carbons (Fsp3) is 0.474. The molecule has 1 saturated heterocycles. The van der Waals surface area contributed by atoms with Crippen LogP contribution in [0.1, 0.15) is 17.8 Å². The topological polar surface area (TPSA) is 50.6 Å². The van der Waals surface area contributed by atoms with E-state index in [2.05, 4.69) is 14.5 Å². The summed E-state index contributed by atoms with van der Waals surface area (Å²) in [4.78, 5) is 21.6. The van der Waals surface area contributed by atoms with Gasteiger partial charge in [0, 0.05) is 52.0 Å². The van der Waals surface area contributed by atoms with E-state index in [1.165, 1.54) is 0 Å². The monoisotopic (exact) mass is 340 g/mol. The summed E-state index contributed by atoms with van der Waals surface area (Å²) in [6.07, 6.45) is 5.10. The molecule has 0 aliphatic carbocycles. The van der Waals surface area contributed by atoms with Crippen molar-refractivity contribution in [1.82, 2.24) is 19.4 Å². The van der Waals surface area contributed by atoms with Crippen LogP contribution in [0, 0.1) is 0 Å². The van der Waals surface area contributed by atoms with Crippen LogP contribution in [-0.2, 0) is 24.8 Å². The Morgan fingerprint density at radius 3 is 2.92 bits per heavy atom. The number of para-hydroxylation sites is 1. The number of carbonyl (C=O) groups is 1. The summed E-state index contributed by atoms with van der Waals surface area (Å²) < 4.78 is 7.93. The largest absolute Gasteiger partial charge is 0.480 e. The average Bonchev–Trinajstić information content (AvgIpc) is 3.15. The summed E-state index contributed by atoms with van der Waals surface area (Å²) in [5.41, 5.74) is 1.13. The van der Waals surface area contributed by atoms with Gasteiger partial charge in [-0.15, -0.1) is 0 Å². The second-order valence-electron chi connectivity index (χ2n) is 6.83. The molecule has 2 aliphatic heterocycles. The maximum absolute atomic E-state index is 12.9. The van der Waals surface area contributed by atoms with Crippen molar-refractivity contribution in [2.75, 3.05) is 26.2 Å². The second-order valence-corrected chi connectivity index (χ2v) is 6.83. The Morgan fingerprint density at radius 1 is 1.24 bits per heavy atom. The summed E-state index contributed by atoms with van der Waals surface area (Å²) in [7, 11) is 2.02. The first-order chi connectivity index (χ1) is 12.2. The lowest BCUT2D eigenvalue weighted by Gasteiger charge is -2.24. The van der Waals surface area contributed by atoms with Gasteiger partial charge in [-0.25, -0.2) is 4.98 Å². The molecule has 25 heavy (non-hydrogen) atoms. The molecule has 0 bridgehead atoms. The molecule has 1 amide bonds. The summed E-state index contributed by atoms with van der Waals surface area (Å²) in [5, 5.41) is 0. The van der Waals surface area contributed by atoms with Gasteiger partial charge >= 0.3 is 0 Å². The predicted molar refractivity (Wildman–Crippen MR) is 94.2 cm³/mol. The maximum Gasteiger partial charge on any atom is 0.264 e. The molecule has 2 aromatic rings. The molecule has 0 radical (unpaired) electrons. The molecular formula is C19H24N4O2. The number of benzene rings is 1. The number of hydrogen-bond acceptors (Lipinski definition) is 4. The van der Waals surface area contributed by atoms with Gasteiger partial charge in [0.25, 0.3) is 5.91 Å². The van der Waals surface area contributed by atoms with E-state index in [1.807, 2.05) is 48.6 Å². The molecule has 3 heterocycles. The van der Waals surface area contributed by atoms with Crippen molar-refractivity contribution in [2.45, 2.75) is 25.5 Å². The third-order valence-electron chi connectivity index (χ3n) is 5.11. The van der Waals surface area contributed by atoms with Gasteiger partial charge in [0.05, 0.1) is 6.54 Å². The van der Waals surface area contributed by atoms with E-state index in [0.29, 0.717) is 6.42 Å². The highest BCUT2D eigenvalue weighted by Gasteiger charge is 2.32. The minimum absolute atomic E-state index is 0.120. The summed E-state index contributed by atoms with van der Waals surface area (Å²) in [6.45, 7) is 4.24. The molecule has 1 fully saturated rings. The molecule has 6 nitrogen and oxygen atoms in total. The molecule has 2 aliphatic rings. The molecule has 132 valence electrons. The third kappa shape index (κ3) is 3.39. The molecule has 4 rings (SSSR count). The van der Waals surface area contributed by atoms with Crippen LogP contribution < -0.4 is 4.74 Å². The Bertz CT molecular complexity index is 732. The molecule has 1 atom stereocenters. The van der Waals surface area contributed by atoms with E-state index in [-0.39, 0.29) is 12.0 Å². The van der Waals surface area contributed by atoms with Gasteiger partial charge in [0.15, 0.2) is 6.10 Å². The Hall–Kier alpha value is -2.34. The summed E-state index contributed by atoms with van der Waals surface area (Å²) in [6, 6.07) is 7.93. The van der Waals surface area contributed by atoms with Crippen LogP contribution >= 0.6 is 0 Å². The zero-order chi connectivity index (χ0) is 17.2. The standard InChI is InChI=1S/C19H24N4O2/c1-21-10-7-20-18(21)14-22-8-4-9-23(12-11-22)19(24)17-13-15-5-2-3-6-16(15)25-17/h2-3,5-7,10,17H,4,8-9,11-14H2,1H3/t17-/m0/s1. The van der Waals surface area contributed by atoms with E-state index in [9.17, 15) is 4.79 Å². The molecular weight excluding hydrogens is 316 g/mol. The lowest BCUT2D eigenvalue weighted by Crippen LogP contribution is -2.43. The van der Waals surface area contributed by atoms with Crippen LogP contribution in [0.25, 0.3) is 0 Å². The average molecular weight is 340 g/mol.